The summed E-state index contributed by atoms with van der Waals surface area (Å²) in [4.78, 5) is 15.6. The number of rotatable bonds is 0. The van der Waals surface area contributed by atoms with Gasteiger partial charge in [-0.3, -0.25) is 0 Å². The molecule has 2 aliphatic heterocycles. The van der Waals surface area contributed by atoms with E-state index in [-0.39, 0.29) is 12.1 Å². The van der Waals surface area contributed by atoms with Crippen LogP contribution in [0.15, 0.2) is 0 Å². The molecule has 6 heteroatoms. The molecule has 130 valence electrons. The highest BCUT2D eigenvalue weighted by Crippen LogP contribution is 2.14. The largest absolute Gasteiger partial charge is 0.444 e. The molecule has 2 unspecified atom stereocenters. The van der Waals surface area contributed by atoms with Gasteiger partial charge in [0.15, 0.2) is 0 Å². The Morgan fingerprint density at radius 3 is 2.00 bits per heavy atom. The first-order chi connectivity index (χ1) is 10.2. The van der Waals surface area contributed by atoms with Crippen LogP contribution >= 0.6 is 0 Å². The normalized spacial score (nSPS) is 26.9. The number of piperidine rings is 2. The second-order valence-electron chi connectivity index (χ2n) is 7.49. The summed E-state index contributed by atoms with van der Waals surface area (Å²) in [6.45, 7) is 9.31. The van der Waals surface area contributed by atoms with Gasteiger partial charge in [0.2, 0.25) is 0 Å². The van der Waals surface area contributed by atoms with E-state index in [2.05, 4.69) is 11.9 Å². The Kier molecular flexibility index (Phi) is 7.59. The average Bonchev–Trinajstić information content (AvgIpc) is 2.37. The first-order valence-corrected chi connectivity index (χ1v) is 8.35. The topological polar surface area (TPSA) is 84.8 Å². The summed E-state index contributed by atoms with van der Waals surface area (Å²) in [6.07, 6.45) is 4.22. The van der Waals surface area contributed by atoms with Gasteiger partial charge in [0.05, 0.1) is 0 Å². The van der Waals surface area contributed by atoms with E-state index in [9.17, 15) is 4.79 Å². The maximum Gasteiger partial charge on any atom is 0.410 e. The molecule has 0 aromatic carbocycles. The van der Waals surface area contributed by atoms with E-state index in [1.165, 1.54) is 19.4 Å². The molecule has 0 spiro atoms. The van der Waals surface area contributed by atoms with Crippen molar-refractivity contribution in [3.63, 3.8) is 0 Å². The number of ether oxygens (including phenoxy) is 1. The molecule has 22 heavy (non-hydrogen) atoms. The van der Waals surface area contributed by atoms with E-state index in [1.54, 1.807) is 4.90 Å². The van der Waals surface area contributed by atoms with Crippen molar-refractivity contribution in [2.24, 2.45) is 11.5 Å². The summed E-state index contributed by atoms with van der Waals surface area (Å²) >= 11 is 0. The molecular formula is C16H34N4O2. The Morgan fingerprint density at radius 1 is 1.05 bits per heavy atom. The van der Waals surface area contributed by atoms with Gasteiger partial charge in [-0.25, -0.2) is 4.79 Å². The predicted octanol–water partition coefficient (Wildman–Crippen LogP) is 1.38. The third-order valence-corrected chi connectivity index (χ3v) is 3.77. The van der Waals surface area contributed by atoms with Crippen LogP contribution in [0.5, 0.6) is 0 Å². The minimum Gasteiger partial charge on any atom is -0.444 e. The first kappa shape index (κ1) is 19.2. The van der Waals surface area contributed by atoms with E-state index in [0.29, 0.717) is 12.6 Å². The van der Waals surface area contributed by atoms with Gasteiger partial charge in [-0.15, -0.1) is 0 Å². The van der Waals surface area contributed by atoms with Gasteiger partial charge in [0.25, 0.3) is 0 Å². The zero-order valence-electron chi connectivity index (χ0n) is 14.7. The molecule has 0 saturated carbocycles. The third kappa shape index (κ3) is 7.96. The van der Waals surface area contributed by atoms with Crippen LogP contribution in [0, 0.1) is 0 Å². The van der Waals surface area contributed by atoms with Crippen molar-refractivity contribution < 1.29 is 9.53 Å². The molecule has 2 atom stereocenters. The maximum atomic E-state index is 11.6. The number of hydrogen-bond acceptors (Lipinski definition) is 5. The monoisotopic (exact) mass is 314 g/mol. The minimum absolute atomic E-state index is 0.108. The van der Waals surface area contributed by atoms with Crippen molar-refractivity contribution in [3.05, 3.63) is 0 Å². The molecule has 2 fully saturated rings. The van der Waals surface area contributed by atoms with Gasteiger partial charge in [-0.05, 0) is 60.0 Å². The summed E-state index contributed by atoms with van der Waals surface area (Å²) in [5, 5.41) is 0. The number of likely N-dealkylation sites (tertiary alicyclic amines) is 2. The second kappa shape index (κ2) is 8.70. The zero-order valence-corrected chi connectivity index (χ0v) is 14.7. The second-order valence-corrected chi connectivity index (χ2v) is 7.49. The van der Waals surface area contributed by atoms with E-state index >= 15 is 0 Å². The summed E-state index contributed by atoms with van der Waals surface area (Å²) in [6, 6.07) is 0.546. The number of hydrogen-bond donors (Lipinski definition) is 2. The van der Waals surface area contributed by atoms with Crippen molar-refractivity contribution >= 4 is 6.09 Å². The summed E-state index contributed by atoms with van der Waals surface area (Å²) in [7, 11) is 2.12. The molecule has 2 rings (SSSR count). The van der Waals surface area contributed by atoms with Crippen LogP contribution in [-0.4, -0.2) is 66.8 Å². The average molecular weight is 314 g/mol. The predicted molar refractivity (Wildman–Crippen MR) is 89.7 cm³/mol. The van der Waals surface area contributed by atoms with Gasteiger partial charge >= 0.3 is 6.09 Å². The fourth-order valence-electron chi connectivity index (χ4n) is 2.71. The third-order valence-electron chi connectivity index (χ3n) is 3.77. The Labute approximate surface area is 135 Å². The highest BCUT2D eigenvalue weighted by Gasteiger charge is 2.25. The van der Waals surface area contributed by atoms with Gasteiger partial charge in [-0.1, -0.05) is 0 Å². The Hall–Kier alpha value is -0.850. The SMILES string of the molecule is CC(C)(C)OC(=O)N1CCCC(N)C1.CN1CCCC(N)C1. The van der Waals surface area contributed by atoms with Crippen molar-refractivity contribution in [3.8, 4) is 0 Å². The molecule has 0 bridgehead atoms. The fraction of sp³-hybridized carbons (Fsp3) is 0.938. The number of nitrogens with two attached hydrogens (primary N) is 2. The van der Waals surface area contributed by atoms with Gasteiger partial charge < -0.3 is 26.0 Å². The summed E-state index contributed by atoms with van der Waals surface area (Å²) in [5.41, 5.74) is 11.0. The highest BCUT2D eigenvalue weighted by atomic mass is 16.6. The van der Waals surface area contributed by atoms with Crippen LogP contribution in [0.3, 0.4) is 0 Å². The fourth-order valence-corrected chi connectivity index (χ4v) is 2.71. The molecule has 1 amide bonds. The van der Waals surface area contributed by atoms with E-state index in [1.807, 2.05) is 20.8 Å². The van der Waals surface area contributed by atoms with Crippen molar-refractivity contribution in [1.82, 2.24) is 9.80 Å². The standard InChI is InChI=1S/C10H20N2O2.C6H14N2/c1-10(2,3)14-9(13)12-6-4-5-8(11)7-12;1-8-4-2-3-6(7)5-8/h8H,4-7,11H2,1-3H3;6H,2-5,7H2,1H3. The van der Waals surface area contributed by atoms with Crippen LogP contribution in [0.1, 0.15) is 46.5 Å². The molecular weight excluding hydrogens is 280 g/mol. The summed E-state index contributed by atoms with van der Waals surface area (Å²) in [5.74, 6) is 0. The molecule has 0 aliphatic carbocycles. The number of amides is 1. The van der Waals surface area contributed by atoms with Crippen LogP contribution in [-0.2, 0) is 4.74 Å². The quantitative estimate of drug-likeness (QED) is 0.705. The molecule has 0 aromatic rings. The number of carbonyl (C=O) groups is 1. The molecule has 2 heterocycles. The number of likely N-dealkylation sites (N-methyl/N-ethyl adjacent to an activating group) is 1. The van der Waals surface area contributed by atoms with Gasteiger partial charge in [0.1, 0.15) is 5.60 Å². The Morgan fingerprint density at radius 2 is 1.59 bits per heavy atom. The lowest BCUT2D eigenvalue weighted by Gasteiger charge is -2.32. The van der Waals surface area contributed by atoms with Crippen LogP contribution in [0.2, 0.25) is 0 Å². The van der Waals surface area contributed by atoms with Crippen molar-refractivity contribution in [2.75, 3.05) is 33.2 Å². The van der Waals surface area contributed by atoms with Crippen LogP contribution < -0.4 is 11.5 Å². The molecule has 0 aromatic heterocycles. The summed E-state index contributed by atoms with van der Waals surface area (Å²) < 4.78 is 5.26. The molecule has 0 radical (unpaired) electrons. The number of carbonyl (C=O) groups excluding carboxylic acids is 1. The smallest absolute Gasteiger partial charge is 0.410 e. The molecule has 2 aliphatic rings. The van der Waals surface area contributed by atoms with E-state index in [0.717, 1.165) is 25.9 Å². The zero-order chi connectivity index (χ0) is 16.8. The number of nitrogens with zero attached hydrogens (tertiary/aromatic N) is 2. The van der Waals surface area contributed by atoms with E-state index in [4.69, 9.17) is 16.2 Å². The lowest BCUT2D eigenvalue weighted by atomic mass is 10.1. The molecule has 2 saturated heterocycles. The van der Waals surface area contributed by atoms with Crippen LogP contribution in [0.4, 0.5) is 4.79 Å². The highest BCUT2D eigenvalue weighted by molar-refractivity contribution is 5.68. The lowest BCUT2D eigenvalue weighted by molar-refractivity contribution is 0.0200. The van der Waals surface area contributed by atoms with E-state index < -0.39 is 5.60 Å². The Bertz CT molecular complexity index is 336. The van der Waals surface area contributed by atoms with Gasteiger partial charge in [0, 0.05) is 31.7 Å². The Balaban J connectivity index is 0.000000255. The molecule has 6 nitrogen and oxygen atoms in total. The maximum absolute atomic E-state index is 11.6. The molecule has 4 N–H and O–H groups in total. The van der Waals surface area contributed by atoms with Gasteiger partial charge in [-0.2, -0.15) is 0 Å². The van der Waals surface area contributed by atoms with Crippen LogP contribution in [0.25, 0.3) is 0 Å². The first-order valence-electron chi connectivity index (χ1n) is 8.35. The van der Waals surface area contributed by atoms with Crippen molar-refractivity contribution in [1.29, 1.82) is 0 Å². The minimum atomic E-state index is -0.418. The van der Waals surface area contributed by atoms with Crippen molar-refractivity contribution in [2.45, 2.75) is 64.1 Å². The lowest BCUT2D eigenvalue weighted by Crippen LogP contribution is -2.47.